The number of ketones is 1. The van der Waals surface area contributed by atoms with Crippen molar-refractivity contribution in [2.75, 3.05) is 0 Å². The van der Waals surface area contributed by atoms with E-state index in [4.69, 9.17) is 0 Å². The fourth-order valence-electron chi connectivity index (χ4n) is 1.72. The van der Waals surface area contributed by atoms with E-state index in [1.165, 1.54) is 0 Å². The minimum Gasteiger partial charge on any atom is -0.289 e. The first-order valence-corrected chi connectivity index (χ1v) is 6.03. The maximum atomic E-state index is 13.1. The molecule has 0 radical (unpaired) electrons. The van der Waals surface area contributed by atoms with E-state index in [1.807, 2.05) is 0 Å². The number of benzene rings is 2. The van der Waals surface area contributed by atoms with Crippen LogP contribution in [0.15, 0.2) is 40.9 Å². The zero-order valence-electron chi connectivity index (χ0n) is 9.51. The van der Waals surface area contributed by atoms with Crippen LogP contribution in [0.3, 0.4) is 0 Å². The Morgan fingerprint density at radius 1 is 1.06 bits per heavy atom. The van der Waals surface area contributed by atoms with Crippen LogP contribution in [0.25, 0.3) is 0 Å². The second-order valence-corrected chi connectivity index (χ2v) is 4.86. The zero-order valence-corrected chi connectivity index (χ0v) is 11.1. The molecule has 0 bridgehead atoms. The van der Waals surface area contributed by atoms with Crippen LogP contribution < -0.4 is 0 Å². The lowest BCUT2D eigenvalue weighted by Crippen LogP contribution is -2.04. The van der Waals surface area contributed by atoms with Crippen molar-refractivity contribution >= 4 is 21.7 Å². The lowest BCUT2D eigenvalue weighted by Gasteiger charge is -2.06. The van der Waals surface area contributed by atoms with Gasteiger partial charge in [0.2, 0.25) is 0 Å². The molecule has 0 aromatic heterocycles. The van der Waals surface area contributed by atoms with E-state index in [2.05, 4.69) is 15.9 Å². The molecular weight excluding hydrogens is 302 g/mol. The smallest absolute Gasteiger partial charge is 0.193 e. The van der Waals surface area contributed by atoms with E-state index in [0.717, 1.165) is 28.2 Å². The fourth-order valence-corrected chi connectivity index (χ4v) is 2.20. The number of carbonyl (C=O) groups excluding carboxylic acids is 1. The quantitative estimate of drug-likeness (QED) is 0.757. The molecule has 2 aromatic rings. The van der Waals surface area contributed by atoms with Crippen LogP contribution in [-0.2, 0) is 0 Å². The van der Waals surface area contributed by atoms with Crippen LogP contribution in [0, 0.1) is 18.6 Å². The van der Waals surface area contributed by atoms with Crippen LogP contribution in [0.2, 0.25) is 0 Å². The predicted molar refractivity (Wildman–Crippen MR) is 68.7 cm³/mol. The molecular formula is C14H9BrF2O. The van der Waals surface area contributed by atoms with Gasteiger partial charge in [-0.3, -0.25) is 4.79 Å². The van der Waals surface area contributed by atoms with Crippen LogP contribution in [0.1, 0.15) is 21.5 Å². The Bertz CT molecular complexity index is 603. The summed E-state index contributed by atoms with van der Waals surface area (Å²) in [6, 6.07) is 7.94. The van der Waals surface area contributed by atoms with Crippen LogP contribution in [-0.4, -0.2) is 5.78 Å². The van der Waals surface area contributed by atoms with Gasteiger partial charge in [-0.25, -0.2) is 8.78 Å². The molecule has 2 aromatic carbocycles. The maximum Gasteiger partial charge on any atom is 0.193 e. The third-order valence-corrected chi connectivity index (χ3v) is 3.05. The molecule has 0 saturated carbocycles. The first kappa shape index (κ1) is 12.9. The van der Waals surface area contributed by atoms with Crippen molar-refractivity contribution in [2.24, 2.45) is 0 Å². The fraction of sp³-hybridized carbons (Fsp3) is 0.0714. The largest absolute Gasteiger partial charge is 0.289 e. The third-order valence-electron chi connectivity index (χ3n) is 2.56. The third kappa shape index (κ3) is 2.64. The summed E-state index contributed by atoms with van der Waals surface area (Å²) >= 11 is 3.29. The zero-order chi connectivity index (χ0) is 13.3. The van der Waals surface area contributed by atoms with Crippen molar-refractivity contribution in [2.45, 2.75) is 6.92 Å². The summed E-state index contributed by atoms with van der Waals surface area (Å²) in [6.45, 7) is 1.77. The number of hydrogen-bond acceptors (Lipinski definition) is 1. The van der Waals surface area contributed by atoms with Gasteiger partial charge in [0.15, 0.2) is 5.78 Å². The van der Waals surface area contributed by atoms with Gasteiger partial charge >= 0.3 is 0 Å². The Hall–Kier alpha value is -1.55. The van der Waals surface area contributed by atoms with Crippen LogP contribution in [0.4, 0.5) is 8.78 Å². The van der Waals surface area contributed by atoms with E-state index in [0.29, 0.717) is 5.56 Å². The average Bonchev–Trinajstić information content (AvgIpc) is 2.26. The molecule has 0 amide bonds. The Balaban J connectivity index is 2.47. The summed E-state index contributed by atoms with van der Waals surface area (Å²) in [5.74, 6) is -1.90. The van der Waals surface area contributed by atoms with E-state index in [-0.39, 0.29) is 5.56 Å². The molecule has 1 nitrogen and oxygen atoms in total. The molecule has 0 N–H and O–H groups in total. The Labute approximate surface area is 112 Å². The molecule has 0 saturated heterocycles. The van der Waals surface area contributed by atoms with Crippen molar-refractivity contribution in [3.8, 4) is 0 Å². The molecule has 0 fully saturated rings. The van der Waals surface area contributed by atoms with Gasteiger partial charge in [0, 0.05) is 21.7 Å². The van der Waals surface area contributed by atoms with E-state index < -0.39 is 17.4 Å². The monoisotopic (exact) mass is 310 g/mol. The minimum atomic E-state index is -0.756. The van der Waals surface area contributed by atoms with Crippen molar-refractivity contribution in [1.29, 1.82) is 0 Å². The second-order valence-electron chi connectivity index (χ2n) is 3.95. The lowest BCUT2D eigenvalue weighted by atomic mass is 9.99. The van der Waals surface area contributed by atoms with E-state index in [9.17, 15) is 13.6 Å². The summed E-state index contributed by atoms with van der Waals surface area (Å²) < 4.78 is 27.0. The maximum absolute atomic E-state index is 13.1. The first-order valence-electron chi connectivity index (χ1n) is 5.24. The molecule has 4 heteroatoms. The Morgan fingerprint density at radius 2 is 1.67 bits per heavy atom. The van der Waals surface area contributed by atoms with Gasteiger partial charge in [-0.05, 0) is 42.8 Å². The molecule has 0 aliphatic carbocycles. The van der Waals surface area contributed by atoms with Crippen LogP contribution >= 0.6 is 15.9 Å². The van der Waals surface area contributed by atoms with Gasteiger partial charge in [0.05, 0.1) is 0 Å². The Morgan fingerprint density at radius 3 is 2.22 bits per heavy atom. The second kappa shape index (κ2) is 4.98. The standard InChI is InChI=1S/C14H9BrF2O/c1-8-4-10(15)2-3-13(8)14(18)9-5-11(16)7-12(17)6-9/h2-7H,1H3. The number of hydrogen-bond donors (Lipinski definition) is 0. The molecule has 0 aliphatic rings. The average molecular weight is 311 g/mol. The number of aryl methyl sites for hydroxylation is 1. The molecule has 0 unspecified atom stereocenters. The first-order chi connectivity index (χ1) is 8.47. The highest BCUT2D eigenvalue weighted by Crippen LogP contribution is 2.20. The van der Waals surface area contributed by atoms with Gasteiger partial charge in [-0.2, -0.15) is 0 Å². The van der Waals surface area contributed by atoms with Gasteiger partial charge in [-0.15, -0.1) is 0 Å². The summed E-state index contributed by atoms with van der Waals surface area (Å²) in [7, 11) is 0. The van der Waals surface area contributed by atoms with Crippen molar-refractivity contribution in [1.82, 2.24) is 0 Å². The SMILES string of the molecule is Cc1cc(Br)ccc1C(=O)c1cc(F)cc(F)c1. The number of rotatable bonds is 2. The van der Waals surface area contributed by atoms with E-state index in [1.54, 1.807) is 25.1 Å². The molecule has 0 spiro atoms. The molecule has 18 heavy (non-hydrogen) atoms. The Kier molecular flexibility index (Phi) is 3.57. The molecule has 0 aliphatic heterocycles. The highest BCUT2D eigenvalue weighted by atomic mass is 79.9. The van der Waals surface area contributed by atoms with Crippen molar-refractivity contribution < 1.29 is 13.6 Å². The molecule has 92 valence electrons. The summed E-state index contributed by atoms with van der Waals surface area (Å²) in [5, 5.41) is 0. The number of halogens is 3. The normalized spacial score (nSPS) is 10.4. The van der Waals surface area contributed by atoms with Gasteiger partial charge in [0.1, 0.15) is 11.6 Å². The summed E-state index contributed by atoms with van der Waals surface area (Å²) in [4.78, 5) is 12.1. The summed E-state index contributed by atoms with van der Waals surface area (Å²) in [6.07, 6.45) is 0. The van der Waals surface area contributed by atoms with Gasteiger partial charge in [0.25, 0.3) is 0 Å². The highest BCUT2D eigenvalue weighted by Gasteiger charge is 2.14. The molecule has 2 rings (SSSR count). The highest BCUT2D eigenvalue weighted by molar-refractivity contribution is 9.10. The molecule has 0 heterocycles. The summed E-state index contributed by atoms with van der Waals surface area (Å²) in [5.41, 5.74) is 1.19. The van der Waals surface area contributed by atoms with Gasteiger partial charge < -0.3 is 0 Å². The number of carbonyl (C=O) groups is 1. The van der Waals surface area contributed by atoms with Crippen molar-refractivity contribution in [3.05, 3.63) is 69.2 Å². The topological polar surface area (TPSA) is 17.1 Å². The molecule has 0 atom stereocenters. The minimum absolute atomic E-state index is 0.0120. The lowest BCUT2D eigenvalue weighted by molar-refractivity contribution is 0.103. The van der Waals surface area contributed by atoms with Crippen LogP contribution in [0.5, 0.6) is 0 Å². The predicted octanol–water partition coefficient (Wildman–Crippen LogP) is 4.27. The van der Waals surface area contributed by atoms with Crippen molar-refractivity contribution in [3.63, 3.8) is 0 Å². The van der Waals surface area contributed by atoms with E-state index >= 15 is 0 Å². The van der Waals surface area contributed by atoms with Gasteiger partial charge in [-0.1, -0.05) is 15.9 Å².